The Labute approximate surface area is 164 Å². The predicted molar refractivity (Wildman–Crippen MR) is 111 cm³/mol. The first kappa shape index (κ1) is 18.3. The van der Waals surface area contributed by atoms with Crippen LogP contribution in [0.4, 0.5) is 11.6 Å². The molecule has 28 heavy (non-hydrogen) atoms. The van der Waals surface area contributed by atoms with Crippen molar-refractivity contribution in [1.29, 1.82) is 0 Å². The molecule has 0 unspecified atom stereocenters. The monoisotopic (exact) mass is 373 g/mol. The van der Waals surface area contributed by atoms with E-state index in [-0.39, 0.29) is 0 Å². The van der Waals surface area contributed by atoms with Crippen LogP contribution >= 0.6 is 0 Å². The Morgan fingerprint density at radius 2 is 1.86 bits per heavy atom. The van der Waals surface area contributed by atoms with Gasteiger partial charge in [-0.25, -0.2) is 15.0 Å². The van der Waals surface area contributed by atoms with Crippen LogP contribution in [-0.2, 0) is 12.0 Å². The summed E-state index contributed by atoms with van der Waals surface area (Å²) < 4.78 is 0. The zero-order valence-electron chi connectivity index (χ0n) is 16.1. The Kier molecular flexibility index (Phi) is 4.88. The fourth-order valence-electron chi connectivity index (χ4n) is 3.14. The quantitative estimate of drug-likeness (QED) is 0.740. The van der Waals surface area contributed by atoms with Gasteiger partial charge in [0.15, 0.2) is 11.6 Å². The number of aromatic nitrogens is 3. The highest BCUT2D eigenvalue weighted by atomic mass is 16.3. The third-order valence-electron chi connectivity index (χ3n) is 4.75. The van der Waals surface area contributed by atoms with Crippen LogP contribution < -0.4 is 4.90 Å². The third kappa shape index (κ3) is 3.92. The van der Waals surface area contributed by atoms with E-state index in [0.717, 1.165) is 30.0 Å². The number of aliphatic hydroxyl groups is 1. The second-order valence-corrected chi connectivity index (χ2v) is 7.39. The molecule has 2 aromatic heterocycles. The number of hydrogen-bond donors (Lipinski definition) is 1. The van der Waals surface area contributed by atoms with Gasteiger partial charge < -0.3 is 10.0 Å². The number of benzene rings is 1. The van der Waals surface area contributed by atoms with Crippen molar-refractivity contribution >= 4 is 17.9 Å². The van der Waals surface area contributed by atoms with E-state index in [0.29, 0.717) is 18.1 Å². The van der Waals surface area contributed by atoms with E-state index in [9.17, 15) is 5.11 Å². The molecule has 0 aliphatic carbocycles. The van der Waals surface area contributed by atoms with Crippen LogP contribution in [0.15, 0.2) is 59.9 Å². The first-order valence-electron chi connectivity index (χ1n) is 9.38. The molecule has 1 aliphatic rings. The van der Waals surface area contributed by atoms with Gasteiger partial charge in [-0.15, -0.1) is 0 Å². The number of nitrogens with zero attached hydrogens (tertiary/aromatic N) is 5. The van der Waals surface area contributed by atoms with E-state index in [2.05, 4.69) is 44.1 Å². The van der Waals surface area contributed by atoms with Crippen molar-refractivity contribution in [2.45, 2.75) is 25.9 Å². The molecular formula is C22H23N5O. The van der Waals surface area contributed by atoms with Gasteiger partial charge in [-0.3, -0.25) is 4.98 Å². The molecule has 1 aliphatic heterocycles. The summed E-state index contributed by atoms with van der Waals surface area (Å²) in [5, 5.41) is 10.1. The maximum atomic E-state index is 10.1. The van der Waals surface area contributed by atoms with Crippen molar-refractivity contribution in [2.24, 2.45) is 4.99 Å². The van der Waals surface area contributed by atoms with Crippen LogP contribution in [0.3, 0.4) is 0 Å². The van der Waals surface area contributed by atoms with Gasteiger partial charge in [-0.05, 0) is 38.0 Å². The molecule has 0 atom stereocenters. The van der Waals surface area contributed by atoms with Gasteiger partial charge in [0, 0.05) is 24.5 Å². The normalized spacial score (nSPS) is 13.5. The van der Waals surface area contributed by atoms with Crippen LogP contribution in [0.25, 0.3) is 11.3 Å². The molecule has 6 nitrogen and oxygen atoms in total. The predicted octanol–water partition coefficient (Wildman–Crippen LogP) is 3.53. The lowest BCUT2D eigenvalue weighted by atomic mass is 10.0. The minimum Gasteiger partial charge on any atom is -0.384 e. The number of fused-ring (bicyclic) bond motifs is 1. The minimum atomic E-state index is -0.969. The van der Waals surface area contributed by atoms with E-state index in [1.165, 1.54) is 5.56 Å². The van der Waals surface area contributed by atoms with E-state index in [1.54, 1.807) is 26.2 Å². The summed E-state index contributed by atoms with van der Waals surface area (Å²) in [6, 6.07) is 14.2. The van der Waals surface area contributed by atoms with Crippen LogP contribution in [0.1, 0.15) is 25.1 Å². The summed E-state index contributed by atoms with van der Waals surface area (Å²) in [6.07, 6.45) is 6.25. The van der Waals surface area contributed by atoms with Crippen LogP contribution in [0.2, 0.25) is 0 Å². The number of aliphatic imine (C=N–C) groups is 1. The number of hydrogen-bond acceptors (Lipinski definition) is 6. The first-order valence-corrected chi connectivity index (χ1v) is 9.38. The minimum absolute atomic E-state index is 0.622. The summed E-state index contributed by atoms with van der Waals surface area (Å²) >= 11 is 0. The molecular weight excluding hydrogens is 350 g/mol. The second kappa shape index (κ2) is 7.48. The maximum absolute atomic E-state index is 10.1. The lowest BCUT2D eigenvalue weighted by Gasteiger charge is -2.26. The number of anilines is 1. The zero-order chi connectivity index (χ0) is 19.6. The van der Waals surface area contributed by atoms with Gasteiger partial charge in [0.2, 0.25) is 0 Å². The lowest BCUT2D eigenvalue weighted by molar-refractivity contribution is 0.0739. The molecule has 1 aromatic carbocycles. The summed E-state index contributed by atoms with van der Waals surface area (Å²) in [5.41, 5.74) is 2.55. The van der Waals surface area contributed by atoms with Crippen molar-refractivity contribution in [2.75, 3.05) is 18.0 Å². The smallest absolute Gasteiger partial charge is 0.195 e. The first-order chi connectivity index (χ1) is 13.5. The molecule has 0 amide bonds. The fraction of sp³-hybridized carbons (Fsp3) is 0.273. The SMILES string of the molecule is CC(C)(O)c1ccc(-c2cnc3c(n2)N(CCc2ccccc2)CC=N3)cn1. The number of rotatable bonds is 5. The average molecular weight is 373 g/mol. The average Bonchev–Trinajstić information content (AvgIpc) is 2.72. The highest BCUT2D eigenvalue weighted by molar-refractivity contribution is 5.78. The standard InChI is InChI=1S/C22H23N5O/c1-22(2,28)19-9-8-17(14-24-19)18-15-25-20-21(26-18)27(13-11-23-20)12-10-16-6-4-3-5-7-16/h3-9,11,14-15,28H,10,12-13H2,1-2H3. The Bertz CT molecular complexity index is 978. The van der Waals surface area contributed by atoms with Crippen molar-refractivity contribution in [3.8, 4) is 11.3 Å². The van der Waals surface area contributed by atoms with Crippen molar-refractivity contribution in [3.63, 3.8) is 0 Å². The summed E-state index contributed by atoms with van der Waals surface area (Å²) in [6.45, 7) is 5.00. The Morgan fingerprint density at radius 1 is 1.04 bits per heavy atom. The molecule has 142 valence electrons. The zero-order valence-corrected chi connectivity index (χ0v) is 16.1. The lowest BCUT2D eigenvalue weighted by Crippen LogP contribution is -2.31. The van der Waals surface area contributed by atoms with Gasteiger partial charge in [0.1, 0.15) is 5.60 Å². The van der Waals surface area contributed by atoms with Crippen LogP contribution in [0, 0.1) is 0 Å². The molecule has 0 radical (unpaired) electrons. The van der Waals surface area contributed by atoms with Gasteiger partial charge >= 0.3 is 0 Å². The van der Waals surface area contributed by atoms with E-state index in [1.807, 2.05) is 24.4 Å². The van der Waals surface area contributed by atoms with Gasteiger partial charge in [-0.2, -0.15) is 0 Å². The van der Waals surface area contributed by atoms with E-state index >= 15 is 0 Å². The summed E-state index contributed by atoms with van der Waals surface area (Å²) in [4.78, 5) is 20.3. The van der Waals surface area contributed by atoms with Crippen molar-refractivity contribution in [1.82, 2.24) is 15.0 Å². The number of pyridine rings is 1. The molecule has 0 spiro atoms. The fourth-order valence-corrected chi connectivity index (χ4v) is 3.14. The van der Waals surface area contributed by atoms with Gasteiger partial charge in [0.25, 0.3) is 0 Å². The van der Waals surface area contributed by atoms with Crippen molar-refractivity contribution in [3.05, 3.63) is 66.1 Å². The Balaban J connectivity index is 1.58. The molecule has 0 fully saturated rings. The topological polar surface area (TPSA) is 74.5 Å². The second-order valence-electron chi connectivity index (χ2n) is 7.39. The summed E-state index contributed by atoms with van der Waals surface area (Å²) in [5.74, 6) is 1.44. The maximum Gasteiger partial charge on any atom is 0.195 e. The molecule has 0 bridgehead atoms. The largest absolute Gasteiger partial charge is 0.384 e. The van der Waals surface area contributed by atoms with E-state index < -0.39 is 5.60 Å². The highest BCUT2D eigenvalue weighted by Crippen LogP contribution is 2.30. The van der Waals surface area contributed by atoms with Crippen LogP contribution in [-0.4, -0.2) is 39.4 Å². The third-order valence-corrected chi connectivity index (χ3v) is 4.75. The molecule has 3 aromatic rings. The van der Waals surface area contributed by atoms with Gasteiger partial charge in [-0.1, -0.05) is 30.3 Å². The Morgan fingerprint density at radius 3 is 2.57 bits per heavy atom. The van der Waals surface area contributed by atoms with Crippen LogP contribution in [0.5, 0.6) is 0 Å². The summed E-state index contributed by atoms with van der Waals surface area (Å²) in [7, 11) is 0. The molecule has 6 heteroatoms. The molecule has 1 N–H and O–H groups in total. The highest BCUT2D eigenvalue weighted by Gasteiger charge is 2.20. The molecule has 0 saturated carbocycles. The molecule has 3 heterocycles. The molecule has 4 rings (SSSR count). The molecule has 0 saturated heterocycles. The van der Waals surface area contributed by atoms with E-state index in [4.69, 9.17) is 4.98 Å². The Hall–Kier alpha value is -3.12. The van der Waals surface area contributed by atoms with Crippen molar-refractivity contribution < 1.29 is 5.11 Å². The van der Waals surface area contributed by atoms with Gasteiger partial charge in [0.05, 0.1) is 24.1 Å².